The van der Waals surface area contributed by atoms with Gasteiger partial charge in [0, 0.05) is 24.7 Å². The Bertz CT molecular complexity index is 800. The summed E-state index contributed by atoms with van der Waals surface area (Å²) >= 11 is 0. The van der Waals surface area contributed by atoms with Crippen LogP contribution in [0.3, 0.4) is 0 Å². The van der Waals surface area contributed by atoms with Gasteiger partial charge in [0.05, 0.1) is 14.2 Å². The van der Waals surface area contributed by atoms with E-state index in [9.17, 15) is 5.11 Å². The Morgan fingerprint density at radius 2 is 1.96 bits per heavy atom. The third kappa shape index (κ3) is 2.25. The van der Waals surface area contributed by atoms with Gasteiger partial charge in [0.15, 0.2) is 11.5 Å². The van der Waals surface area contributed by atoms with Crippen LogP contribution in [0.15, 0.2) is 24.3 Å². The van der Waals surface area contributed by atoms with Crippen LogP contribution in [0, 0.1) is 6.92 Å². The minimum Gasteiger partial charge on any atom is -0.504 e. The van der Waals surface area contributed by atoms with Crippen LogP contribution in [0.4, 0.5) is 0 Å². The molecule has 0 saturated carbocycles. The fraction of sp³-hybridized carbons (Fsp3) is 0.400. The van der Waals surface area contributed by atoms with E-state index in [2.05, 4.69) is 24.0 Å². The SMILES string of the molecule is COc1cc2c(cc1C)[C@@H]1Cc3ccc(O)c(OC)c3CN1CC2. The number of nitrogens with zero attached hydrogens (tertiary/aromatic N) is 1. The van der Waals surface area contributed by atoms with Gasteiger partial charge in [-0.05, 0) is 54.2 Å². The fourth-order valence-electron chi connectivity index (χ4n) is 4.20. The lowest BCUT2D eigenvalue weighted by Gasteiger charge is -2.42. The molecule has 2 aliphatic heterocycles. The van der Waals surface area contributed by atoms with Gasteiger partial charge in [-0.3, -0.25) is 4.90 Å². The number of phenols is 1. The average molecular weight is 325 g/mol. The Kier molecular flexibility index (Phi) is 3.65. The van der Waals surface area contributed by atoms with Gasteiger partial charge >= 0.3 is 0 Å². The minimum atomic E-state index is 0.229. The summed E-state index contributed by atoms with van der Waals surface area (Å²) in [6.07, 6.45) is 1.98. The molecule has 4 nitrogen and oxygen atoms in total. The molecule has 2 heterocycles. The lowest BCUT2D eigenvalue weighted by Crippen LogP contribution is -2.39. The molecule has 0 fully saturated rings. The predicted molar refractivity (Wildman–Crippen MR) is 92.9 cm³/mol. The Labute approximate surface area is 142 Å². The largest absolute Gasteiger partial charge is 0.504 e. The van der Waals surface area contributed by atoms with E-state index < -0.39 is 0 Å². The van der Waals surface area contributed by atoms with E-state index >= 15 is 0 Å². The number of methoxy groups -OCH3 is 2. The van der Waals surface area contributed by atoms with Crippen molar-refractivity contribution >= 4 is 0 Å². The van der Waals surface area contributed by atoms with Gasteiger partial charge in [0.25, 0.3) is 0 Å². The zero-order valence-electron chi connectivity index (χ0n) is 14.4. The van der Waals surface area contributed by atoms with Crippen molar-refractivity contribution in [1.29, 1.82) is 0 Å². The zero-order chi connectivity index (χ0) is 16.8. The molecule has 2 aliphatic rings. The number of fused-ring (bicyclic) bond motifs is 4. The van der Waals surface area contributed by atoms with Crippen molar-refractivity contribution < 1.29 is 14.6 Å². The second-order valence-electron chi connectivity index (χ2n) is 6.72. The zero-order valence-corrected chi connectivity index (χ0v) is 14.4. The molecule has 0 radical (unpaired) electrons. The molecule has 1 atom stereocenters. The quantitative estimate of drug-likeness (QED) is 0.919. The third-order valence-corrected chi connectivity index (χ3v) is 5.44. The first kappa shape index (κ1) is 15.3. The van der Waals surface area contributed by atoms with Crippen molar-refractivity contribution in [1.82, 2.24) is 4.90 Å². The molecule has 0 saturated heterocycles. The van der Waals surface area contributed by atoms with Gasteiger partial charge in [0.2, 0.25) is 0 Å². The van der Waals surface area contributed by atoms with Crippen LogP contribution in [-0.4, -0.2) is 30.8 Å². The number of rotatable bonds is 2. The van der Waals surface area contributed by atoms with E-state index in [1.807, 2.05) is 6.07 Å². The molecule has 0 aliphatic carbocycles. The molecule has 0 aromatic heterocycles. The van der Waals surface area contributed by atoms with Crippen LogP contribution >= 0.6 is 0 Å². The topological polar surface area (TPSA) is 41.9 Å². The molecular weight excluding hydrogens is 302 g/mol. The second kappa shape index (κ2) is 5.71. The van der Waals surface area contributed by atoms with Crippen molar-refractivity contribution in [3.63, 3.8) is 0 Å². The van der Waals surface area contributed by atoms with Crippen LogP contribution in [0.5, 0.6) is 17.2 Å². The van der Waals surface area contributed by atoms with E-state index in [4.69, 9.17) is 9.47 Å². The van der Waals surface area contributed by atoms with Crippen LogP contribution in [0.2, 0.25) is 0 Å². The molecule has 1 N–H and O–H groups in total. The normalized spacial score (nSPS) is 19.2. The molecule has 4 heteroatoms. The van der Waals surface area contributed by atoms with Crippen LogP contribution in [0.25, 0.3) is 0 Å². The van der Waals surface area contributed by atoms with Crippen molar-refractivity contribution in [2.45, 2.75) is 32.4 Å². The number of aromatic hydroxyl groups is 1. The van der Waals surface area contributed by atoms with E-state index in [-0.39, 0.29) is 5.75 Å². The highest BCUT2D eigenvalue weighted by Crippen LogP contribution is 2.44. The Hall–Kier alpha value is -2.20. The van der Waals surface area contributed by atoms with Gasteiger partial charge in [-0.2, -0.15) is 0 Å². The maximum absolute atomic E-state index is 10.1. The predicted octanol–water partition coefficient (Wildman–Crippen LogP) is 3.37. The van der Waals surface area contributed by atoms with Crippen molar-refractivity contribution in [3.8, 4) is 17.2 Å². The number of phenolic OH excluding ortho intramolecular Hbond substituents is 1. The minimum absolute atomic E-state index is 0.229. The Balaban J connectivity index is 1.77. The van der Waals surface area contributed by atoms with Gasteiger partial charge in [0.1, 0.15) is 5.75 Å². The van der Waals surface area contributed by atoms with Crippen molar-refractivity contribution in [3.05, 3.63) is 52.1 Å². The Morgan fingerprint density at radius 1 is 1.12 bits per heavy atom. The van der Waals surface area contributed by atoms with Gasteiger partial charge < -0.3 is 14.6 Å². The summed E-state index contributed by atoms with van der Waals surface area (Å²) in [4.78, 5) is 2.50. The monoisotopic (exact) mass is 325 g/mol. The molecule has 126 valence electrons. The van der Waals surface area contributed by atoms with E-state index in [1.54, 1.807) is 20.3 Å². The van der Waals surface area contributed by atoms with Crippen LogP contribution < -0.4 is 9.47 Å². The maximum Gasteiger partial charge on any atom is 0.165 e. The van der Waals surface area contributed by atoms with Gasteiger partial charge in [-0.1, -0.05) is 12.1 Å². The fourth-order valence-corrected chi connectivity index (χ4v) is 4.20. The van der Waals surface area contributed by atoms with E-state index in [0.717, 1.165) is 37.2 Å². The summed E-state index contributed by atoms with van der Waals surface area (Å²) in [7, 11) is 3.36. The molecule has 0 bridgehead atoms. The summed E-state index contributed by atoms with van der Waals surface area (Å²) < 4.78 is 10.9. The van der Waals surface area contributed by atoms with Gasteiger partial charge in [-0.15, -0.1) is 0 Å². The number of ether oxygens (including phenoxy) is 2. The molecule has 0 amide bonds. The first-order valence-corrected chi connectivity index (χ1v) is 8.41. The molecule has 2 aromatic rings. The molecule has 4 rings (SSSR count). The second-order valence-corrected chi connectivity index (χ2v) is 6.72. The first-order chi connectivity index (χ1) is 11.6. The highest BCUT2D eigenvalue weighted by Gasteiger charge is 2.34. The maximum atomic E-state index is 10.1. The number of aryl methyl sites for hydroxylation is 1. The lowest BCUT2D eigenvalue weighted by molar-refractivity contribution is 0.157. The number of hydrogen-bond donors (Lipinski definition) is 1. The third-order valence-electron chi connectivity index (χ3n) is 5.44. The molecule has 24 heavy (non-hydrogen) atoms. The highest BCUT2D eigenvalue weighted by molar-refractivity contribution is 5.53. The average Bonchev–Trinajstić information content (AvgIpc) is 2.59. The van der Waals surface area contributed by atoms with Crippen LogP contribution in [0.1, 0.15) is 33.9 Å². The summed E-state index contributed by atoms with van der Waals surface area (Å²) in [5, 5.41) is 10.1. The molecule has 0 unspecified atom stereocenters. The van der Waals surface area contributed by atoms with Gasteiger partial charge in [-0.25, -0.2) is 0 Å². The summed E-state index contributed by atoms with van der Waals surface area (Å²) in [6, 6.07) is 8.66. The van der Waals surface area contributed by atoms with Crippen LogP contribution in [-0.2, 0) is 19.4 Å². The lowest BCUT2D eigenvalue weighted by atomic mass is 9.83. The summed E-state index contributed by atoms with van der Waals surface area (Å²) in [6.45, 7) is 3.94. The van der Waals surface area contributed by atoms with E-state index in [1.165, 1.54) is 22.3 Å². The standard InChI is InChI=1S/C20H23NO3/c1-12-8-15-14(10-19(12)23-2)6-7-21-11-16-13(9-17(15)21)4-5-18(22)20(16)24-3/h4-5,8,10,17,22H,6-7,9,11H2,1-3H3/t17-/m0/s1. The first-order valence-electron chi connectivity index (χ1n) is 8.41. The van der Waals surface area contributed by atoms with Crippen molar-refractivity contribution in [2.24, 2.45) is 0 Å². The number of benzene rings is 2. The van der Waals surface area contributed by atoms with E-state index in [0.29, 0.717) is 11.8 Å². The highest BCUT2D eigenvalue weighted by atomic mass is 16.5. The molecule has 0 spiro atoms. The summed E-state index contributed by atoms with van der Waals surface area (Å²) in [5.41, 5.74) is 6.40. The Morgan fingerprint density at radius 3 is 2.71 bits per heavy atom. The van der Waals surface area contributed by atoms with Crippen molar-refractivity contribution in [2.75, 3.05) is 20.8 Å². The molecule has 2 aromatic carbocycles. The molecular formula is C20H23NO3. The summed E-state index contributed by atoms with van der Waals surface area (Å²) in [5.74, 6) is 1.83. The number of hydrogen-bond acceptors (Lipinski definition) is 4. The smallest absolute Gasteiger partial charge is 0.165 e.